The number of ketones is 1. The van der Waals surface area contributed by atoms with Crippen LogP contribution in [0.2, 0.25) is 5.02 Å². The molecule has 0 saturated heterocycles. The number of benzene rings is 2. The van der Waals surface area contributed by atoms with Crippen LogP contribution in [0.25, 0.3) is 0 Å². The number of furan rings is 1. The lowest BCUT2D eigenvalue weighted by Gasteiger charge is -2.32. The summed E-state index contributed by atoms with van der Waals surface area (Å²) in [4.78, 5) is 28.3. The fourth-order valence-corrected chi connectivity index (χ4v) is 4.32. The van der Waals surface area contributed by atoms with Gasteiger partial charge >= 0.3 is 6.03 Å². The Balaban J connectivity index is 1.66. The zero-order valence-electron chi connectivity index (χ0n) is 16.6. The molecule has 156 valence electrons. The number of anilines is 3. The molecule has 0 bridgehead atoms. The molecule has 0 radical (unpaired) electrons. The molecule has 1 aromatic heterocycles. The third-order valence-corrected chi connectivity index (χ3v) is 5.82. The summed E-state index contributed by atoms with van der Waals surface area (Å²) in [7, 11) is 0. The number of urea groups is 1. The molecule has 5 rings (SSSR count). The van der Waals surface area contributed by atoms with E-state index >= 15 is 0 Å². The number of rotatable bonds is 2. The third-order valence-electron chi connectivity index (χ3n) is 5.56. The van der Waals surface area contributed by atoms with Crippen molar-refractivity contribution in [1.29, 1.82) is 0 Å². The first-order chi connectivity index (χ1) is 15.1. The van der Waals surface area contributed by atoms with Crippen LogP contribution in [0, 0.1) is 0 Å². The summed E-state index contributed by atoms with van der Waals surface area (Å²) in [6.45, 7) is 0. The Labute approximate surface area is 184 Å². The molecule has 1 atom stereocenters. The molecule has 1 aliphatic carbocycles. The van der Waals surface area contributed by atoms with E-state index in [1.54, 1.807) is 47.6 Å². The molecule has 0 spiro atoms. The van der Waals surface area contributed by atoms with Crippen molar-refractivity contribution >= 4 is 40.5 Å². The van der Waals surface area contributed by atoms with Crippen LogP contribution in [0.1, 0.15) is 31.1 Å². The highest BCUT2D eigenvalue weighted by atomic mass is 35.5. The van der Waals surface area contributed by atoms with Gasteiger partial charge in [-0.15, -0.1) is 0 Å². The Morgan fingerprint density at radius 3 is 2.65 bits per heavy atom. The normalized spacial score (nSPS) is 18.0. The van der Waals surface area contributed by atoms with Gasteiger partial charge in [0, 0.05) is 28.4 Å². The van der Waals surface area contributed by atoms with E-state index in [0.29, 0.717) is 34.2 Å². The molecule has 0 saturated carbocycles. The standard InChI is InChI=1S/C24H20ClN3O3/c25-15-10-12-16(13-11-15)26-24(30)28-19-7-2-1-5-17(19)27-18-6-3-8-20(29)22(18)23(28)21-9-4-14-31-21/h1-2,4-5,7,9-14,23,27H,3,6,8H2,(H,26,30). The first-order valence-corrected chi connectivity index (χ1v) is 10.5. The van der Waals surface area contributed by atoms with Crippen molar-refractivity contribution in [3.8, 4) is 0 Å². The van der Waals surface area contributed by atoms with Crippen LogP contribution < -0.4 is 15.5 Å². The molecule has 2 N–H and O–H groups in total. The van der Waals surface area contributed by atoms with Crippen molar-refractivity contribution in [1.82, 2.24) is 0 Å². The number of allylic oxidation sites excluding steroid dienone is 1. The zero-order valence-corrected chi connectivity index (χ0v) is 17.4. The first-order valence-electron chi connectivity index (χ1n) is 10.1. The summed E-state index contributed by atoms with van der Waals surface area (Å²) in [6.07, 6.45) is 3.51. The molecule has 1 unspecified atom stereocenters. The van der Waals surface area contributed by atoms with Crippen molar-refractivity contribution in [3.05, 3.63) is 89.0 Å². The van der Waals surface area contributed by atoms with Gasteiger partial charge in [0.05, 0.1) is 17.6 Å². The van der Waals surface area contributed by atoms with Gasteiger partial charge in [-0.3, -0.25) is 9.69 Å². The second kappa shape index (κ2) is 7.96. The summed E-state index contributed by atoms with van der Waals surface area (Å²) < 4.78 is 5.73. The van der Waals surface area contributed by atoms with Gasteiger partial charge in [-0.25, -0.2) is 4.79 Å². The highest BCUT2D eigenvalue weighted by molar-refractivity contribution is 6.30. The van der Waals surface area contributed by atoms with Gasteiger partial charge in [-0.2, -0.15) is 0 Å². The molecule has 1 aliphatic heterocycles. The van der Waals surface area contributed by atoms with E-state index in [9.17, 15) is 9.59 Å². The molecule has 6 nitrogen and oxygen atoms in total. The molecule has 2 heterocycles. The van der Waals surface area contributed by atoms with E-state index < -0.39 is 6.04 Å². The molecule has 0 fully saturated rings. The molecule has 2 amide bonds. The van der Waals surface area contributed by atoms with E-state index in [2.05, 4.69) is 10.6 Å². The van der Waals surface area contributed by atoms with Gasteiger partial charge in [0.1, 0.15) is 11.8 Å². The van der Waals surface area contributed by atoms with E-state index in [4.69, 9.17) is 16.0 Å². The predicted octanol–water partition coefficient (Wildman–Crippen LogP) is 6.15. The van der Waals surface area contributed by atoms with Crippen LogP contribution in [0.4, 0.5) is 21.9 Å². The number of halogens is 1. The molecule has 2 aromatic carbocycles. The Bertz CT molecular complexity index is 1170. The number of nitrogens with zero attached hydrogens (tertiary/aromatic N) is 1. The van der Waals surface area contributed by atoms with E-state index in [1.807, 2.05) is 24.3 Å². The molecular weight excluding hydrogens is 414 g/mol. The van der Waals surface area contributed by atoms with Crippen LogP contribution in [-0.2, 0) is 4.79 Å². The number of amides is 2. The number of Topliss-reactive ketones (excluding diaryl/α,β-unsaturated/α-hetero) is 1. The number of para-hydroxylation sites is 2. The van der Waals surface area contributed by atoms with Crippen LogP contribution in [0.15, 0.2) is 82.6 Å². The smallest absolute Gasteiger partial charge is 0.327 e. The molecule has 7 heteroatoms. The Hall–Kier alpha value is -3.51. The lowest BCUT2D eigenvalue weighted by molar-refractivity contribution is -0.116. The van der Waals surface area contributed by atoms with Crippen molar-refractivity contribution in [3.63, 3.8) is 0 Å². The zero-order chi connectivity index (χ0) is 21.4. The minimum atomic E-state index is -0.679. The van der Waals surface area contributed by atoms with Gasteiger partial charge in [-0.1, -0.05) is 23.7 Å². The number of nitrogens with one attached hydrogen (secondary N) is 2. The largest absolute Gasteiger partial charge is 0.467 e. The Morgan fingerprint density at radius 1 is 1.06 bits per heavy atom. The van der Waals surface area contributed by atoms with Gasteiger partial charge in [0.25, 0.3) is 0 Å². The van der Waals surface area contributed by atoms with Crippen molar-refractivity contribution in [2.45, 2.75) is 25.3 Å². The topological polar surface area (TPSA) is 74.6 Å². The van der Waals surface area contributed by atoms with Gasteiger partial charge in [0.15, 0.2) is 5.78 Å². The minimum Gasteiger partial charge on any atom is -0.467 e. The number of carbonyl (C=O) groups is 2. The summed E-state index contributed by atoms with van der Waals surface area (Å²) in [5.74, 6) is 0.555. The number of hydrogen-bond acceptors (Lipinski definition) is 4. The Kier molecular flexibility index (Phi) is 5.00. The fraction of sp³-hybridized carbons (Fsp3) is 0.167. The fourth-order valence-electron chi connectivity index (χ4n) is 4.19. The summed E-state index contributed by atoms with van der Waals surface area (Å²) in [5.41, 5.74) is 3.45. The van der Waals surface area contributed by atoms with Crippen LogP contribution >= 0.6 is 11.6 Å². The number of carbonyl (C=O) groups excluding carboxylic acids is 2. The van der Waals surface area contributed by atoms with Crippen LogP contribution in [0.3, 0.4) is 0 Å². The van der Waals surface area contributed by atoms with Crippen LogP contribution in [-0.4, -0.2) is 11.8 Å². The first kappa shape index (κ1) is 19.5. The molecule has 2 aliphatic rings. The average molecular weight is 434 g/mol. The lowest BCUT2D eigenvalue weighted by atomic mass is 9.88. The Morgan fingerprint density at radius 2 is 1.87 bits per heavy atom. The number of hydrogen-bond donors (Lipinski definition) is 2. The minimum absolute atomic E-state index is 0.0206. The van der Waals surface area contributed by atoms with Crippen molar-refractivity contribution in [2.75, 3.05) is 15.5 Å². The van der Waals surface area contributed by atoms with Crippen molar-refractivity contribution < 1.29 is 14.0 Å². The van der Waals surface area contributed by atoms with E-state index in [0.717, 1.165) is 24.2 Å². The second-order valence-corrected chi connectivity index (χ2v) is 7.97. The maximum Gasteiger partial charge on any atom is 0.327 e. The lowest BCUT2D eigenvalue weighted by Crippen LogP contribution is -2.40. The molecule has 3 aromatic rings. The second-order valence-electron chi connectivity index (χ2n) is 7.54. The van der Waals surface area contributed by atoms with Crippen molar-refractivity contribution in [2.24, 2.45) is 0 Å². The number of fused-ring (bicyclic) bond motifs is 1. The van der Waals surface area contributed by atoms with E-state index in [-0.39, 0.29) is 11.8 Å². The maximum atomic E-state index is 13.6. The highest BCUT2D eigenvalue weighted by Gasteiger charge is 2.40. The summed E-state index contributed by atoms with van der Waals surface area (Å²) >= 11 is 5.98. The maximum absolute atomic E-state index is 13.6. The van der Waals surface area contributed by atoms with Crippen LogP contribution in [0.5, 0.6) is 0 Å². The monoisotopic (exact) mass is 433 g/mol. The molecular formula is C24H20ClN3O3. The van der Waals surface area contributed by atoms with Gasteiger partial charge in [-0.05, 0) is 61.4 Å². The predicted molar refractivity (Wildman–Crippen MR) is 120 cm³/mol. The van der Waals surface area contributed by atoms with Gasteiger partial charge in [0.2, 0.25) is 0 Å². The third kappa shape index (κ3) is 3.59. The van der Waals surface area contributed by atoms with Gasteiger partial charge < -0.3 is 15.1 Å². The summed E-state index contributed by atoms with van der Waals surface area (Å²) in [6, 6.07) is 17.0. The van der Waals surface area contributed by atoms with E-state index in [1.165, 1.54) is 0 Å². The highest BCUT2D eigenvalue weighted by Crippen LogP contribution is 2.45. The SMILES string of the molecule is O=C1CCCC2=C1C(c1ccco1)N(C(=O)Nc1ccc(Cl)cc1)c1ccccc1N2. The molecule has 31 heavy (non-hydrogen) atoms. The summed E-state index contributed by atoms with van der Waals surface area (Å²) in [5, 5.41) is 6.93. The quantitative estimate of drug-likeness (QED) is 0.508. The average Bonchev–Trinajstić information content (AvgIpc) is 3.25.